The van der Waals surface area contributed by atoms with E-state index in [4.69, 9.17) is 0 Å². The van der Waals surface area contributed by atoms with Crippen LogP contribution in [0.15, 0.2) is 28.9 Å². The molecule has 0 radical (unpaired) electrons. The molecule has 2 rings (SSSR count). The second-order valence-corrected chi connectivity index (χ2v) is 5.69. The number of rotatable bonds is 4. The Morgan fingerprint density at radius 3 is 2.67 bits per heavy atom. The molecule has 8 heteroatoms. The van der Waals surface area contributed by atoms with E-state index in [1.54, 1.807) is 6.07 Å². The van der Waals surface area contributed by atoms with E-state index in [1.165, 1.54) is 16.9 Å². The molecule has 1 aromatic carbocycles. The van der Waals surface area contributed by atoms with Gasteiger partial charge in [-0.1, -0.05) is 35.0 Å². The molecule has 0 aliphatic heterocycles. The molecule has 2 aromatic rings. The summed E-state index contributed by atoms with van der Waals surface area (Å²) in [5, 5.41) is 10.8. The fourth-order valence-electron chi connectivity index (χ4n) is 1.77. The van der Waals surface area contributed by atoms with Crippen molar-refractivity contribution in [2.24, 2.45) is 0 Å². The molecule has 21 heavy (non-hydrogen) atoms. The fraction of sp³-hybridized carbons (Fsp3) is 0.385. The summed E-state index contributed by atoms with van der Waals surface area (Å²) in [5.41, 5.74) is 0.279. The maximum absolute atomic E-state index is 12.9. The molecule has 4 nitrogen and oxygen atoms in total. The standard InChI is InChI=1S/C13H14BrF3N4/c1-8(2)18-6-10-7-19-20-21(10)9-3-4-12(14)11(5-9)13(15,16)17/h3-5,7-8,18H,6H2,1-2H3. The van der Waals surface area contributed by atoms with E-state index >= 15 is 0 Å². The first-order chi connectivity index (χ1) is 9.79. The normalized spacial score (nSPS) is 12.1. The molecule has 0 bridgehead atoms. The minimum atomic E-state index is -4.42. The van der Waals surface area contributed by atoms with Gasteiger partial charge in [0.15, 0.2) is 0 Å². The van der Waals surface area contributed by atoms with Gasteiger partial charge in [0, 0.05) is 17.1 Å². The zero-order valence-electron chi connectivity index (χ0n) is 11.4. The summed E-state index contributed by atoms with van der Waals surface area (Å²) in [6.45, 7) is 4.44. The molecule has 0 unspecified atom stereocenters. The lowest BCUT2D eigenvalue weighted by atomic mass is 10.2. The SMILES string of the molecule is CC(C)NCc1cnnn1-c1ccc(Br)c(C(F)(F)F)c1. The lowest BCUT2D eigenvalue weighted by Crippen LogP contribution is -2.23. The zero-order chi connectivity index (χ0) is 15.6. The highest BCUT2D eigenvalue weighted by molar-refractivity contribution is 9.10. The van der Waals surface area contributed by atoms with E-state index in [0.717, 1.165) is 6.07 Å². The highest BCUT2D eigenvalue weighted by Gasteiger charge is 2.33. The van der Waals surface area contributed by atoms with Crippen molar-refractivity contribution in [3.05, 3.63) is 40.1 Å². The molecular formula is C13H14BrF3N4. The zero-order valence-corrected chi connectivity index (χ0v) is 13.0. The Bertz CT molecular complexity index is 622. The van der Waals surface area contributed by atoms with Crippen molar-refractivity contribution in [3.63, 3.8) is 0 Å². The summed E-state index contributed by atoms with van der Waals surface area (Å²) in [5.74, 6) is 0. The number of nitrogens with one attached hydrogen (secondary N) is 1. The summed E-state index contributed by atoms with van der Waals surface area (Å²) in [4.78, 5) is 0. The Morgan fingerprint density at radius 1 is 1.33 bits per heavy atom. The average molecular weight is 363 g/mol. The quantitative estimate of drug-likeness (QED) is 0.904. The Kier molecular flexibility index (Phi) is 4.67. The van der Waals surface area contributed by atoms with Crippen LogP contribution in [0.5, 0.6) is 0 Å². The minimum absolute atomic E-state index is 0.000667. The van der Waals surface area contributed by atoms with Crippen molar-refractivity contribution in [1.82, 2.24) is 20.3 Å². The minimum Gasteiger partial charge on any atom is -0.309 e. The van der Waals surface area contributed by atoms with E-state index in [0.29, 0.717) is 17.9 Å². The van der Waals surface area contributed by atoms with Crippen molar-refractivity contribution < 1.29 is 13.2 Å². The van der Waals surface area contributed by atoms with Gasteiger partial charge in [0.05, 0.1) is 23.1 Å². The number of alkyl halides is 3. The van der Waals surface area contributed by atoms with Crippen molar-refractivity contribution in [1.29, 1.82) is 0 Å². The van der Waals surface area contributed by atoms with Gasteiger partial charge < -0.3 is 5.32 Å². The molecule has 0 saturated heterocycles. The summed E-state index contributed by atoms with van der Waals surface area (Å²) in [6, 6.07) is 4.23. The summed E-state index contributed by atoms with van der Waals surface area (Å²) >= 11 is 2.92. The van der Waals surface area contributed by atoms with Crippen LogP contribution in [-0.2, 0) is 12.7 Å². The molecule has 0 aliphatic carbocycles. The lowest BCUT2D eigenvalue weighted by molar-refractivity contribution is -0.138. The predicted octanol–water partition coefficient (Wildman–Crippen LogP) is 3.55. The molecule has 1 N–H and O–H groups in total. The lowest BCUT2D eigenvalue weighted by Gasteiger charge is -2.13. The number of hydrogen-bond acceptors (Lipinski definition) is 3. The molecule has 0 atom stereocenters. The number of aromatic nitrogens is 3. The third kappa shape index (κ3) is 3.82. The highest BCUT2D eigenvalue weighted by Crippen LogP contribution is 2.36. The summed E-state index contributed by atoms with van der Waals surface area (Å²) in [6.07, 6.45) is -2.89. The molecule has 114 valence electrons. The Balaban J connectivity index is 2.37. The Labute approximate surface area is 128 Å². The van der Waals surface area contributed by atoms with Gasteiger partial charge in [0.2, 0.25) is 0 Å². The van der Waals surface area contributed by atoms with Gasteiger partial charge >= 0.3 is 6.18 Å². The second kappa shape index (κ2) is 6.15. The van der Waals surface area contributed by atoms with E-state index in [2.05, 4.69) is 31.6 Å². The maximum Gasteiger partial charge on any atom is 0.417 e. The van der Waals surface area contributed by atoms with Crippen LogP contribution in [0.1, 0.15) is 25.1 Å². The number of benzene rings is 1. The largest absolute Gasteiger partial charge is 0.417 e. The monoisotopic (exact) mass is 362 g/mol. The molecule has 0 fully saturated rings. The third-order valence-corrected chi connectivity index (χ3v) is 3.50. The van der Waals surface area contributed by atoms with Crippen LogP contribution < -0.4 is 5.32 Å². The topological polar surface area (TPSA) is 42.7 Å². The highest BCUT2D eigenvalue weighted by atomic mass is 79.9. The fourth-order valence-corrected chi connectivity index (χ4v) is 2.24. The van der Waals surface area contributed by atoms with E-state index < -0.39 is 11.7 Å². The van der Waals surface area contributed by atoms with Crippen LogP contribution in [-0.4, -0.2) is 21.0 Å². The van der Waals surface area contributed by atoms with Crippen LogP contribution in [0.2, 0.25) is 0 Å². The summed E-state index contributed by atoms with van der Waals surface area (Å²) in [7, 11) is 0. The van der Waals surface area contributed by atoms with Gasteiger partial charge in [-0.2, -0.15) is 13.2 Å². The van der Waals surface area contributed by atoms with Gasteiger partial charge in [-0.25, -0.2) is 4.68 Å². The molecule has 1 aromatic heterocycles. The van der Waals surface area contributed by atoms with Gasteiger partial charge in [-0.3, -0.25) is 0 Å². The van der Waals surface area contributed by atoms with Crippen LogP contribution >= 0.6 is 15.9 Å². The molecule has 0 amide bonds. The van der Waals surface area contributed by atoms with E-state index in [9.17, 15) is 13.2 Å². The van der Waals surface area contributed by atoms with Gasteiger partial charge in [-0.05, 0) is 18.2 Å². The van der Waals surface area contributed by atoms with Crippen molar-refractivity contribution in [2.45, 2.75) is 32.6 Å². The first kappa shape index (κ1) is 16.0. The van der Waals surface area contributed by atoms with Crippen LogP contribution in [0.3, 0.4) is 0 Å². The Hall–Kier alpha value is -1.41. The number of nitrogens with zero attached hydrogens (tertiary/aromatic N) is 3. The first-order valence-electron chi connectivity index (χ1n) is 6.29. The van der Waals surface area contributed by atoms with E-state index in [1.807, 2.05) is 13.8 Å². The maximum atomic E-state index is 12.9. The van der Waals surface area contributed by atoms with Crippen LogP contribution in [0.25, 0.3) is 5.69 Å². The Morgan fingerprint density at radius 2 is 2.05 bits per heavy atom. The smallest absolute Gasteiger partial charge is 0.309 e. The molecule has 0 aliphatic rings. The van der Waals surface area contributed by atoms with E-state index in [-0.39, 0.29) is 10.5 Å². The van der Waals surface area contributed by atoms with Gasteiger partial charge in [0.1, 0.15) is 0 Å². The summed E-state index contributed by atoms with van der Waals surface area (Å²) < 4.78 is 40.2. The van der Waals surface area contributed by atoms with Gasteiger partial charge in [0.25, 0.3) is 0 Å². The van der Waals surface area contributed by atoms with Gasteiger partial charge in [-0.15, -0.1) is 5.10 Å². The first-order valence-corrected chi connectivity index (χ1v) is 7.08. The third-order valence-electron chi connectivity index (χ3n) is 2.81. The molecular weight excluding hydrogens is 349 g/mol. The van der Waals surface area contributed by atoms with Crippen LogP contribution in [0, 0.1) is 0 Å². The molecule has 0 spiro atoms. The molecule has 0 saturated carbocycles. The second-order valence-electron chi connectivity index (χ2n) is 4.83. The molecule has 1 heterocycles. The van der Waals surface area contributed by atoms with Crippen molar-refractivity contribution in [3.8, 4) is 5.69 Å². The number of halogens is 4. The predicted molar refractivity (Wildman–Crippen MR) is 76.0 cm³/mol. The van der Waals surface area contributed by atoms with Crippen molar-refractivity contribution >= 4 is 15.9 Å². The average Bonchev–Trinajstić information content (AvgIpc) is 2.84. The van der Waals surface area contributed by atoms with Crippen molar-refractivity contribution in [2.75, 3.05) is 0 Å². The van der Waals surface area contributed by atoms with Crippen LogP contribution in [0.4, 0.5) is 13.2 Å². The number of hydrogen-bond donors (Lipinski definition) is 1.